The van der Waals surface area contributed by atoms with Gasteiger partial charge in [0.05, 0.1) is 5.39 Å². The molecular weight excluding hydrogens is 338 g/mol. The van der Waals surface area contributed by atoms with E-state index in [-0.39, 0.29) is 5.91 Å². The summed E-state index contributed by atoms with van der Waals surface area (Å²) in [6.45, 7) is 1.73. The summed E-state index contributed by atoms with van der Waals surface area (Å²) in [5.41, 5.74) is 11.3. The van der Waals surface area contributed by atoms with Crippen LogP contribution in [0.25, 0.3) is 22.2 Å². The molecule has 0 atom stereocenters. The lowest BCUT2D eigenvalue weighted by molar-refractivity contribution is 0.0793. The molecule has 1 aliphatic carbocycles. The standard InChI is InChI=1S/C21H23N5O/c1-25-18(14-6-7-14)16(17-19(22)23-12-24-20(17)25)13-4-8-15(9-5-13)21(27)26-10-2-3-11-26/h4-5,8-9,12,14H,2-3,6-7,10-11H2,1H3,(H2,22,23,24). The van der Waals surface area contributed by atoms with E-state index in [2.05, 4.69) is 21.6 Å². The Kier molecular flexibility index (Phi) is 3.67. The van der Waals surface area contributed by atoms with Crippen molar-refractivity contribution in [3.8, 4) is 11.1 Å². The minimum atomic E-state index is 0.127. The maximum absolute atomic E-state index is 12.6. The molecule has 2 aromatic heterocycles. The summed E-state index contributed by atoms with van der Waals surface area (Å²) >= 11 is 0. The number of nitrogen functional groups attached to an aromatic ring is 1. The number of carbonyl (C=O) groups excluding carboxylic acids is 1. The molecule has 1 amide bonds. The van der Waals surface area contributed by atoms with Crippen molar-refractivity contribution in [3.05, 3.63) is 41.9 Å². The topological polar surface area (TPSA) is 77.0 Å². The van der Waals surface area contributed by atoms with Gasteiger partial charge in [-0.3, -0.25) is 4.79 Å². The van der Waals surface area contributed by atoms with Gasteiger partial charge in [0, 0.05) is 37.0 Å². The summed E-state index contributed by atoms with van der Waals surface area (Å²) in [7, 11) is 2.05. The number of fused-ring (bicyclic) bond motifs is 1. The predicted octanol–water partition coefficient (Wildman–Crippen LogP) is 3.33. The van der Waals surface area contributed by atoms with Crippen LogP contribution in [-0.4, -0.2) is 38.4 Å². The fraction of sp³-hybridized carbons (Fsp3) is 0.381. The average molecular weight is 361 g/mol. The van der Waals surface area contributed by atoms with Crippen molar-refractivity contribution in [2.75, 3.05) is 18.8 Å². The van der Waals surface area contributed by atoms with Crippen LogP contribution in [0.3, 0.4) is 0 Å². The first-order valence-corrected chi connectivity index (χ1v) is 9.63. The van der Waals surface area contributed by atoms with Crippen molar-refractivity contribution >= 4 is 22.8 Å². The van der Waals surface area contributed by atoms with Crippen LogP contribution in [0.1, 0.15) is 47.7 Å². The molecule has 0 bridgehead atoms. The highest BCUT2D eigenvalue weighted by Crippen LogP contribution is 2.48. The van der Waals surface area contributed by atoms with Gasteiger partial charge in [-0.15, -0.1) is 0 Å². The summed E-state index contributed by atoms with van der Waals surface area (Å²) in [6.07, 6.45) is 6.11. The summed E-state index contributed by atoms with van der Waals surface area (Å²) in [5.74, 6) is 1.18. The van der Waals surface area contributed by atoms with Crippen LogP contribution in [0.2, 0.25) is 0 Å². The number of carbonyl (C=O) groups is 1. The van der Waals surface area contributed by atoms with Crippen LogP contribution in [0.5, 0.6) is 0 Å². The smallest absolute Gasteiger partial charge is 0.253 e. The largest absolute Gasteiger partial charge is 0.383 e. The first-order chi connectivity index (χ1) is 13.1. The maximum atomic E-state index is 12.6. The van der Waals surface area contributed by atoms with E-state index >= 15 is 0 Å². The van der Waals surface area contributed by atoms with Crippen LogP contribution in [0.4, 0.5) is 5.82 Å². The Bertz CT molecular complexity index is 1030. The van der Waals surface area contributed by atoms with Crippen LogP contribution in [0, 0.1) is 0 Å². The fourth-order valence-corrected chi connectivity index (χ4v) is 4.30. The molecule has 1 saturated carbocycles. The molecule has 2 aliphatic rings. The van der Waals surface area contributed by atoms with Gasteiger partial charge in [-0.2, -0.15) is 0 Å². The van der Waals surface area contributed by atoms with Crippen LogP contribution in [-0.2, 0) is 7.05 Å². The fourth-order valence-electron chi connectivity index (χ4n) is 4.30. The van der Waals surface area contributed by atoms with Gasteiger partial charge in [-0.25, -0.2) is 9.97 Å². The number of nitrogens with zero attached hydrogens (tertiary/aromatic N) is 4. The van der Waals surface area contributed by atoms with E-state index in [1.165, 1.54) is 24.9 Å². The Morgan fingerprint density at radius 1 is 1.11 bits per heavy atom. The van der Waals surface area contributed by atoms with Gasteiger partial charge in [0.25, 0.3) is 5.91 Å². The monoisotopic (exact) mass is 361 g/mol. The number of rotatable bonds is 3. The molecule has 3 heterocycles. The maximum Gasteiger partial charge on any atom is 0.253 e. The van der Waals surface area contributed by atoms with E-state index < -0.39 is 0 Å². The van der Waals surface area contributed by atoms with Crippen LogP contribution >= 0.6 is 0 Å². The highest BCUT2D eigenvalue weighted by atomic mass is 16.2. The minimum absolute atomic E-state index is 0.127. The highest BCUT2D eigenvalue weighted by Gasteiger charge is 2.32. The molecule has 1 aliphatic heterocycles. The highest BCUT2D eigenvalue weighted by molar-refractivity contribution is 6.03. The molecule has 3 aromatic rings. The van der Waals surface area contributed by atoms with Crippen molar-refractivity contribution in [1.82, 2.24) is 19.4 Å². The molecule has 138 valence electrons. The molecule has 0 radical (unpaired) electrons. The minimum Gasteiger partial charge on any atom is -0.383 e. The van der Waals surface area contributed by atoms with Crippen molar-refractivity contribution in [1.29, 1.82) is 0 Å². The molecule has 2 fully saturated rings. The normalized spacial score (nSPS) is 17.0. The van der Waals surface area contributed by atoms with Gasteiger partial charge >= 0.3 is 0 Å². The van der Waals surface area contributed by atoms with Gasteiger partial charge in [0.15, 0.2) is 0 Å². The number of nitrogens with two attached hydrogens (primary N) is 1. The molecule has 0 unspecified atom stereocenters. The van der Waals surface area contributed by atoms with E-state index in [1.54, 1.807) is 0 Å². The molecule has 2 N–H and O–H groups in total. The number of likely N-dealkylation sites (tertiary alicyclic amines) is 1. The summed E-state index contributed by atoms with van der Waals surface area (Å²) < 4.78 is 2.16. The third-order valence-corrected chi connectivity index (χ3v) is 5.82. The number of hydrogen-bond donors (Lipinski definition) is 1. The van der Waals surface area contributed by atoms with Crippen molar-refractivity contribution < 1.29 is 4.79 Å². The lowest BCUT2D eigenvalue weighted by Crippen LogP contribution is -2.27. The average Bonchev–Trinajstić information content (AvgIpc) is 3.27. The van der Waals surface area contributed by atoms with Crippen molar-refractivity contribution in [2.24, 2.45) is 7.05 Å². The molecule has 6 nitrogen and oxygen atoms in total. The molecule has 1 aromatic carbocycles. The van der Waals surface area contributed by atoms with E-state index in [4.69, 9.17) is 5.73 Å². The van der Waals surface area contributed by atoms with Crippen molar-refractivity contribution in [3.63, 3.8) is 0 Å². The van der Waals surface area contributed by atoms with Crippen LogP contribution in [0.15, 0.2) is 30.6 Å². The van der Waals surface area contributed by atoms with E-state index in [0.29, 0.717) is 11.7 Å². The van der Waals surface area contributed by atoms with E-state index in [9.17, 15) is 4.79 Å². The Morgan fingerprint density at radius 3 is 2.48 bits per heavy atom. The Morgan fingerprint density at radius 2 is 1.81 bits per heavy atom. The molecule has 6 heteroatoms. The van der Waals surface area contributed by atoms with Crippen molar-refractivity contribution in [2.45, 2.75) is 31.6 Å². The van der Waals surface area contributed by atoms with Gasteiger partial charge in [0.1, 0.15) is 17.8 Å². The van der Waals surface area contributed by atoms with Crippen LogP contribution < -0.4 is 5.73 Å². The molecular formula is C21H23N5O. The Balaban J connectivity index is 1.61. The second-order valence-electron chi connectivity index (χ2n) is 7.63. The second kappa shape index (κ2) is 6.08. The second-order valence-corrected chi connectivity index (χ2v) is 7.63. The molecule has 1 saturated heterocycles. The third-order valence-electron chi connectivity index (χ3n) is 5.82. The third kappa shape index (κ3) is 2.59. The number of benzene rings is 1. The zero-order chi connectivity index (χ0) is 18.5. The van der Waals surface area contributed by atoms with E-state index in [1.807, 2.05) is 29.2 Å². The lowest BCUT2D eigenvalue weighted by atomic mass is 9.99. The lowest BCUT2D eigenvalue weighted by Gasteiger charge is -2.15. The summed E-state index contributed by atoms with van der Waals surface area (Å²) in [5, 5.41) is 0.917. The summed E-state index contributed by atoms with van der Waals surface area (Å²) in [6, 6.07) is 7.95. The number of aryl methyl sites for hydroxylation is 1. The molecule has 0 spiro atoms. The first kappa shape index (κ1) is 16.3. The zero-order valence-corrected chi connectivity index (χ0v) is 15.5. The van der Waals surface area contributed by atoms with Gasteiger partial charge in [0.2, 0.25) is 0 Å². The molecule has 27 heavy (non-hydrogen) atoms. The molecule has 5 rings (SSSR count). The number of aromatic nitrogens is 3. The van der Waals surface area contributed by atoms with E-state index in [0.717, 1.165) is 53.7 Å². The Hall–Kier alpha value is -2.89. The SMILES string of the molecule is Cn1c(C2CC2)c(-c2ccc(C(=O)N3CCCC3)cc2)c2c(N)ncnc21. The zero-order valence-electron chi connectivity index (χ0n) is 15.5. The Labute approximate surface area is 158 Å². The number of anilines is 1. The van der Waals surface area contributed by atoms with Gasteiger partial charge in [-0.1, -0.05) is 12.1 Å². The number of hydrogen-bond acceptors (Lipinski definition) is 4. The van der Waals surface area contributed by atoms with Gasteiger partial charge < -0.3 is 15.2 Å². The number of amides is 1. The quantitative estimate of drug-likeness (QED) is 0.776. The summed E-state index contributed by atoms with van der Waals surface area (Å²) in [4.78, 5) is 23.3. The first-order valence-electron chi connectivity index (χ1n) is 9.63. The predicted molar refractivity (Wildman–Crippen MR) is 105 cm³/mol. The van der Waals surface area contributed by atoms with Gasteiger partial charge in [-0.05, 0) is 49.3 Å².